The van der Waals surface area contributed by atoms with E-state index in [2.05, 4.69) is 44.3 Å². The van der Waals surface area contributed by atoms with Crippen molar-refractivity contribution in [3.05, 3.63) is 84.4 Å². The molecule has 0 aliphatic carbocycles. The number of pyridine rings is 1. The van der Waals surface area contributed by atoms with Gasteiger partial charge in [-0.2, -0.15) is 0 Å². The number of aromatic amines is 1. The molecule has 194 valence electrons. The summed E-state index contributed by atoms with van der Waals surface area (Å²) < 4.78 is 12.2. The molecule has 0 radical (unpaired) electrons. The van der Waals surface area contributed by atoms with E-state index in [4.69, 9.17) is 9.47 Å². The fraction of sp³-hybridized carbons (Fsp3) is 0.300. The Morgan fingerprint density at radius 1 is 1.05 bits per heavy atom. The molecule has 2 N–H and O–H groups in total. The molecule has 0 saturated carbocycles. The molecule has 38 heavy (non-hydrogen) atoms. The summed E-state index contributed by atoms with van der Waals surface area (Å²) in [4.78, 5) is 27.4. The highest BCUT2D eigenvalue weighted by atomic mass is 16.5. The highest BCUT2D eigenvalue weighted by Crippen LogP contribution is 2.36. The number of hydrogen-bond donors (Lipinski definition) is 2. The number of rotatable bonds is 6. The van der Waals surface area contributed by atoms with Gasteiger partial charge < -0.3 is 24.7 Å². The molecule has 2 aliphatic heterocycles. The van der Waals surface area contributed by atoms with Gasteiger partial charge in [0.1, 0.15) is 28.9 Å². The zero-order valence-corrected chi connectivity index (χ0v) is 21.4. The predicted molar refractivity (Wildman–Crippen MR) is 146 cm³/mol. The van der Waals surface area contributed by atoms with E-state index >= 15 is 0 Å². The monoisotopic (exact) mass is 509 g/mol. The molecule has 1 fully saturated rings. The van der Waals surface area contributed by atoms with Gasteiger partial charge in [0.2, 0.25) is 5.91 Å². The number of fused-ring (bicyclic) bond motifs is 1. The summed E-state index contributed by atoms with van der Waals surface area (Å²) in [6.07, 6.45) is 6.05. The third-order valence-electron chi connectivity index (χ3n) is 7.31. The average molecular weight is 510 g/mol. The average Bonchev–Trinajstić information content (AvgIpc) is 3.44. The Hall–Kier alpha value is -4.17. The molecule has 2 aromatic heterocycles. The van der Waals surface area contributed by atoms with Crippen LogP contribution in [0.2, 0.25) is 0 Å². The van der Waals surface area contributed by atoms with Gasteiger partial charge in [-0.3, -0.25) is 4.79 Å². The Kier molecular flexibility index (Phi) is 6.79. The van der Waals surface area contributed by atoms with Crippen molar-refractivity contribution in [1.82, 2.24) is 19.9 Å². The van der Waals surface area contributed by atoms with Gasteiger partial charge in [0, 0.05) is 18.2 Å². The zero-order valence-electron chi connectivity index (χ0n) is 21.4. The number of H-pyrrole nitrogens is 1. The Labute approximate surface area is 222 Å². The van der Waals surface area contributed by atoms with Crippen LogP contribution in [0.4, 0.5) is 5.82 Å². The van der Waals surface area contributed by atoms with E-state index in [1.54, 1.807) is 18.3 Å². The van der Waals surface area contributed by atoms with E-state index in [9.17, 15) is 4.79 Å². The lowest BCUT2D eigenvalue weighted by molar-refractivity contribution is -0.121. The van der Waals surface area contributed by atoms with Crippen LogP contribution in [0.25, 0.3) is 11.3 Å². The van der Waals surface area contributed by atoms with E-state index in [-0.39, 0.29) is 17.7 Å². The first-order chi connectivity index (χ1) is 18.6. The van der Waals surface area contributed by atoms with E-state index < -0.39 is 0 Å². The van der Waals surface area contributed by atoms with Crippen LogP contribution in [0.3, 0.4) is 0 Å². The Bertz CT molecular complexity index is 1410. The van der Waals surface area contributed by atoms with Gasteiger partial charge in [-0.05, 0) is 74.8 Å². The predicted octanol–water partition coefficient (Wildman–Crippen LogP) is 5.26. The summed E-state index contributed by atoms with van der Waals surface area (Å²) in [5.41, 5.74) is 3.18. The third kappa shape index (κ3) is 5.40. The number of ether oxygens (including phenoxy) is 2. The SMILES string of the molecule is CN1CCC(C(=O)Nc2cc(Oc3ccc4c(c3)CC(c3ncc(-c5ccccc5)[nH]3)CO4)ccn2)CC1. The molecule has 2 aromatic carbocycles. The van der Waals surface area contributed by atoms with Gasteiger partial charge in [0.05, 0.1) is 24.4 Å². The van der Waals surface area contributed by atoms with E-state index in [0.29, 0.717) is 23.9 Å². The summed E-state index contributed by atoms with van der Waals surface area (Å²) in [5, 5.41) is 2.96. The fourth-order valence-electron chi connectivity index (χ4n) is 5.10. The van der Waals surface area contributed by atoms with Gasteiger partial charge in [-0.1, -0.05) is 30.3 Å². The van der Waals surface area contributed by atoms with Crippen LogP contribution < -0.4 is 14.8 Å². The lowest BCUT2D eigenvalue weighted by atomic mass is 9.96. The summed E-state index contributed by atoms with van der Waals surface area (Å²) in [6.45, 7) is 2.44. The summed E-state index contributed by atoms with van der Waals surface area (Å²) >= 11 is 0. The smallest absolute Gasteiger partial charge is 0.228 e. The van der Waals surface area contributed by atoms with Crippen molar-refractivity contribution in [2.75, 3.05) is 32.1 Å². The first-order valence-corrected chi connectivity index (χ1v) is 13.1. The van der Waals surface area contributed by atoms with E-state index in [1.165, 1.54) is 0 Å². The van der Waals surface area contributed by atoms with Crippen LogP contribution >= 0.6 is 0 Å². The minimum absolute atomic E-state index is 0.0177. The number of aromatic nitrogens is 3. The number of benzene rings is 2. The lowest BCUT2D eigenvalue weighted by Gasteiger charge is -2.27. The molecule has 4 aromatic rings. The Balaban J connectivity index is 1.12. The molecular formula is C30H31N5O3. The molecule has 2 aliphatic rings. The largest absolute Gasteiger partial charge is 0.493 e. The van der Waals surface area contributed by atoms with Crippen LogP contribution in [-0.4, -0.2) is 52.5 Å². The maximum atomic E-state index is 12.7. The molecule has 1 saturated heterocycles. The van der Waals surface area contributed by atoms with Crippen molar-refractivity contribution in [3.63, 3.8) is 0 Å². The minimum atomic E-state index is 0.0177. The van der Waals surface area contributed by atoms with E-state index in [1.807, 2.05) is 42.6 Å². The first-order valence-electron chi connectivity index (χ1n) is 13.1. The normalized spacial score (nSPS) is 17.9. The molecule has 8 nitrogen and oxygen atoms in total. The van der Waals surface area contributed by atoms with Crippen LogP contribution in [0.1, 0.15) is 30.1 Å². The van der Waals surface area contributed by atoms with Crippen molar-refractivity contribution >= 4 is 11.7 Å². The van der Waals surface area contributed by atoms with Crippen molar-refractivity contribution in [1.29, 1.82) is 0 Å². The second-order valence-electron chi connectivity index (χ2n) is 10.1. The van der Waals surface area contributed by atoms with Crippen molar-refractivity contribution in [2.24, 2.45) is 5.92 Å². The molecule has 6 rings (SSSR count). The summed E-state index contributed by atoms with van der Waals surface area (Å²) in [5.74, 6) is 3.76. The molecule has 0 bridgehead atoms. The van der Waals surface area contributed by atoms with Crippen LogP contribution in [0.15, 0.2) is 73.1 Å². The second-order valence-corrected chi connectivity index (χ2v) is 10.1. The number of carbonyl (C=O) groups excluding carboxylic acids is 1. The standard InChI is InChI=1S/C30H31N5O3/c1-35-13-10-21(11-14-35)30(36)34-28-17-25(9-12-31-28)38-24-7-8-27-22(16-24)15-23(19-37-27)29-32-18-26(33-29)20-5-3-2-4-6-20/h2-9,12,16-18,21,23H,10-11,13-15,19H2,1H3,(H,32,33)(H,31,34,36). The number of amides is 1. The number of piperidine rings is 1. The molecule has 8 heteroatoms. The van der Waals surface area contributed by atoms with Gasteiger partial charge >= 0.3 is 0 Å². The third-order valence-corrected chi connectivity index (χ3v) is 7.31. The molecular weight excluding hydrogens is 478 g/mol. The second kappa shape index (κ2) is 10.7. The van der Waals surface area contributed by atoms with Crippen molar-refractivity contribution < 1.29 is 14.3 Å². The van der Waals surface area contributed by atoms with Gasteiger partial charge in [0.15, 0.2) is 0 Å². The Morgan fingerprint density at radius 2 is 1.87 bits per heavy atom. The molecule has 0 spiro atoms. The maximum absolute atomic E-state index is 12.7. The molecule has 1 amide bonds. The topological polar surface area (TPSA) is 92.4 Å². The van der Waals surface area contributed by atoms with Crippen molar-refractivity contribution in [2.45, 2.75) is 25.2 Å². The molecule has 1 atom stereocenters. The lowest BCUT2D eigenvalue weighted by Crippen LogP contribution is -2.36. The number of nitrogens with zero attached hydrogens (tertiary/aromatic N) is 3. The summed E-state index contributed by atoms with van der Waals surface area (Å²) in [6, 6.07) is 19.6. The first kappa shape index (κ1) is 24.2. The highest BCUT2D eigenvalue weighted by Gasteiger charge is 2.25. The van der Waals surface area contributed by atoms with Crippen LogP contribution in [0, 0.1) is 5.92 Å². The number of likely N-dealkylation sites (tertiary alicyclic amines) is 1. The minimum Gasteiger partial charge on any atom is -0.493 e. The van der Waals surface area contributed by atoms with Crippen molar-refractivity contribution in [3.8, 4) is 28.5 Å². The molecule has 1 unspecified atom stereocenters. The zero-order chi connectivity index (χ0) is 25.9. The molecule has 4 heterocycles. The maximum Gasteiger partial charge on any atom is 0.228 e. The number of carbonyl (C=O) groups is 1. The van der Waals surface area contributed by atoms with Crippen LogP contribution in [0.5, 0.6) is 17.2 Å². The highest BCUT2D eigenvalue weighted by molar-refractivity contribution is 5.91. The summed E-state index contributed by atoms with van der Waals surface area (Å²) in [7, 11) is 2.09. The van der Waals surface area contributed by atoms with E-state index in [0.717, 1.165) is 60.7 Å². The fourth-order valence-corrected chi connectivity index (χ4v) is 5.10. The number of anilines is 1. The number of imidazole rings is 1. The van der Waals surface area contributed by atoms with Gasteiger partial charge in [0.25, 0.3) is 0 Å². The van der Waals surface area contributed by atoms with Gasteiger partial charge in [-0.15, -0.1) is 0 Å². The number of nitrogens with one attached hydrogen (secondary N) is 2. The number of hydrogen-bond acceptors (Lipinski definition) is 6. The van der Waals surface area contributed by atoms with Crippen LogP contribution in [-0.2, 0) is 11.2 Å². The quantitative estimate of drug-likeness (QED) is 0.368. The van der Waals surface area contributed by atoms with Gasteiger partial charge in [-0.25, -0.2) is 9.97 Å². The Morgan fingerprint density at radius 3 is 2.71 bits per heavy atom.